The van der Waals surface area contributed by atoms with E-state index in [-0.39, 0.29) is 12.4 Å². The minimum Gasteiger partial charge on any atom is -0.396 e. The Hall–Kier alpha value is -2.99. The van der Waals surface area contributed by atoms with Gasteiger partial charge in [-0.1, -0.05) is 24.3 Å². The van der Waals surface area contributed by atoms with Gasteiger partial charge < -0.3 is 15.8 Å². The normalized spacial score (nSPS) is 11.4. The number of hydrogen-bond acceptors (Lipinski definition) is 4. The average Bonchev–Trinajstić information content (AvgIpc) is 3.05. The predicted octanol–water partition coefficient (Wildman–Crippen LogP) is 3.42. The number of aliphatic hydroxyl groups excluding tert-OH is 1. The van der Waals surface area contributed by atoms with Crippen molar-refractivity contribution in [1.29, 1.82) is 0 Å². The number of fused-ring (bicyclic) bond motifs is 3. The number of aryl methyl sites for hydroxylation is 1. The molecule has 0 fully saturated rings. The quantitative estimate of drug-likeness (QED) is 0.533. The summed E-state index contributed by atoms with van der Waals surface area (Å²) in [6.07, 6.45) is 1.27. The molecule has 0 aliphatic rings. The molecule has 4 aromatic rings. The molecule has 4 rings (SSSR count). The van der Waals surface area contributed by atoms with Crippen LogP contribution in [0.25, 0.3) is 33.1 Å². The fraction of sp³-hybridized carbons (Fsp3) is 0.158. The zero-order valence-electron chi connectivity index (χ0n) is 13.5. The van der Waals surface area contributed by atoms with Crippen molar-refractivity contribution in [3.8, 4) is 11.1 Å². The summed E-state index contributed by atoms with van der Waals surface area (Å²) in [5, 5.41) is 9.84. The summed E-state index contributed by atoms with van der Waals surface area (Å²) in [7, 11) is 0. The van der Waals surface area contributed by atoms with Gasteiger partial charge in [-0.25, -0.2) is 14.4 Å². The molecule has 0 bridgehead atoms. The second-order valence-corrected chi connectivity index (χ2v) is 5.94. The highest BCUT2D eigenvalue weighted by Crippen LogP contribution is 2.31. The second kappa shape index (κ2) is 6.14. The molecule has 4 N–H and O–H groups in total. The number of imidazole rings is 1. The van der Waals surface area contributed by atoms with Crippen molar-refractivity contribution >= 4 is 27.8 Å². The molecular weight excluding hydrogens is 319 g/mol. The Labute approximate surface area is 143 Å². The van der Waals surface area contributed by atoms with E-state index in [0.717, 1.165) is 22.3 Å². The summed E-state index contributed by atoms with van der Waals surface area (Å²) in [5.74, 6) is 0.848. The molecule has 0 radical (unpaired) electrons. The van der Waals surface area contributed by atoms with Crippen LogP contribution < -0.4 is 5.73 Å². The zero-order chi connectivity index (χ0) is 17.4. The number of pyridine rings is 1. The Morgan fingerprint density at radius 1 is 1.12 bits per heavy atom. The first-order valence-electron chi connectivity index (χ1n) is 8.11. The van der Waals surface area contributed by atoms with Gasteiger partial charge in [-0.2, -0.15) is 0 Å². The third kappa shape index (κ3) is 2.70. The summed E-state index contributed by atoms with van der Waals surface area (Å²) in [5.41, 5.74) is 9.46. The van der Waals surface area contributed by atoms with Crippen molar-refractivity contribution in [2.24, 2.45) is 0 Å². The molecule has 2 aromatic heterocycles. The van der Waals surface area contributed by atoms with E-state index in [9.17, 15) is 4.39 Å². The highest BCUT2D eigenvalue weighted by atomic mass is 19.1. The van der Waals surface area contributed by atoms with Crippen LogP contribution in [0.5, 0.6) is 0 Å². The van der Waals surface area contributed by atoms with E-state index in [1.807, 2.05) is 18.2 Å². The number of aromatic nitrogens is 3. The molecule has 0 aliphatic carbocycles. The number of H-pyrrole nitrogens is 1. The SMILES string of the molecule is Nc1nc2cc(-c3ccccc3F)ccc2c2nc(CCCO)[nH]c12. The smallest absolute Gasteiger partial charge is 0.150 e. The number of nitrogens with one attached hydrogen (secondary N) is 1. The van der Waals surface area contributed by atoms with Gasteiger partial charge in [-0.3, -0.25) is 0 Å². The highest BCUT2D eigenvalue weighted by Gasteiger charge is 2.13. The minimum atomic E-state index is -0.276. The van der Waals surface area contributed by atoms with E-state index < -0.39 is 0 Å². The van der Waals surface area contributed by atoms with E-state index in [4.69, 9.17) is 10.8 Å². The van der Waals surface area contributed by atoms with E-state index in [2.05, 4.69) is 15.0 Å². The first-order chi connectivity index (χ1) is 12.2. The number of aromatic amines is 1. The van der Waals surface area contributed by atoms with Crippen LogP contribution in [-0.2, 0) is 6.42 Å². The fourth-order valence-electron chi connectivity index (χ4n) is 3.04. The number of aliphatic hydroxyl groups is 1. The van der Waals surface area contributed by atoms with Gasteiger partial charge in [0.1, 0.15) is 28.5 Å². The Bertz CT molecular complexity index is 1070. The van der Waals surface area contributed by atoms with Crippen molar-refractivity contribution < 1.29 is 9.50 Å². The van der Waals surface area contributed by atoms with Gasteiger partial charge in [0.25, 0.3) is 0 Å². The van der Waals surface area contributed by atoms with E-state index in [1.54, 1.807) is 18.2 Å². The Morgan fingerprint density at radius 2 is 1.96 bits per heavy atom. The van der Waals surface area contributed by atoms with Crippen LogP contribution in [0, 0.1) is 5.82 Å². The molecule has 5 nitrogen and oxygen atoms in total. The number of nitrogen functional groups attached to an aromatic ring is 1. The first-order valence-corrected chi connectivity index (χ1v) is 8.11. The van der Waals surface area contributed by atoms with Gasteiger partial charge in [0.2, 0.25) is 0 Å². The van der Waals surface area contributed by atoms with Crippen LogP contribution in [0.15, 0.2) is 42.5 Å². The molecule has 2 heterocycles. The average molecular weight is 336 g/mol. The van der Waals surface area contributed by atoms with Crippen LogP contribution in [0.3, 0.4) is 0 Å². The number of rotatable bonds is 4. The topological polar surface area (TPSA) is 87.8 Å². The molecule has 0 unspecified atom stereocenters. The van der Waals surface area contributed by atoms with Crippen molar-refractivity contribution in [2.75, 3.05) is 12.3 Å². The monoisotopic (exact) mass is 336 g/mol. The lowest BCUT2D eigenvalue weighted by molar-refractivity contribution is 0.287. The zero-order valence-corrected chi connectivity index (χ0v) is 13.5. The van der Waals surface area contributed by atoms with Crippen molar-refractivity contribution in [2.45, 2.75) is 12.8 Å². The summed E-state index contributed by atoms with van der Waals surface area (Å²) in [6, 6.07) is 12.2. The Morgan fingerprint density at radius 3 is 2.76 bits per heavy atom. The summed E-state index contributed by atoms with van der Waals surface area (Å²) < 4.78 is 14.0. The maximum atomic E-state index is 14.0. The number of benzene rings is 2. The number of hydrogen-bond donors (Lipinski definition) is 3. The summed E-state index contributed by atoms with van der Waals surface area (Å²) in [4.78, 5) is 12.2. The predicted molar refractivity (Wildman–Crippen MR) is 96.6 cm³/mol. The van der Waals surface area contributed by atoms with Gasteiger partial charge >= 0.3 is 0 Å². The minimum absolute atomic E-state index is 0.109. The van der Waals surface area contributed by atoms with E-state index >= 15 is 0 Å². The molecule has 25 heavy (non-hydrogen) atoms. The second-order valence-electron chi connectivity index (χ2n) is 5.94. The molecule has 0 aliphatic heterocycles. The van der Waals surface area contributed by atoms with E-state index in [1.165, 1.54) is 6.07 Å². The number of nitrogens with zero attached hydrogens (tertiary/aromatic N) is 2. The van der Waals surface area contributed by atoms with Gasteiger partial charge in [0.05, 0.1) is 5.52 Å². The van der Waals surface area contributed by atoms with Crippen LogP contribution >= 0.6 is 0 Å². The third-order valence-electron chi connectivity index (χ3n) is 4.26. The standard InChI is InChI=1S/C19H17FN4O/c20-14-5-2-1-4-12(14)11-7-8-13-15(10-11)22-19(21)18-17(13)23-16(24-18)6-3-9-25/h1-2,4-5,7-8,10,25H,3,6,9H2,(H2,21,22)(H,23,24). The first kappa shape index (κ1) is 15.5. The molecular formula is C19H17FN4O. The molecule has 126 valence electrons. The molecule has 0 saturated carbocycles. The van der Waals surface area contributed by atoms with Crippen LogP contribution in [0.4, 0.5) is 10.2 Å². The van der Waals surface area contributed by atoms with E-state index in [0.29, 0.717) is 35.3 Å². The van der Waals surface area contributed by atoms with Crippen molar-refractivity contribution in [1.82, 2.24) is 15.0 Å². The third-order valence-corrected chi connectivity index (χ3v) is 4.26. The van der Waals surface area contributed by atoms with Crippen molar-refractivity contribution in [3.63, 3.8) is 0 Å². The highest BCUT2D eigenvalue weighted by molar-refractivity contribution is 6.07. The molecule has 0 amide bonds. The van der Waals surface area contributed by atoms with Crippen LogP contribution in [0.2, 0.25) is 0 Å². The van der Waals surface area contributed by atoms with Gasteiger partial charge in [-0.15, -0.1) is 0 Å². The molecule has 6 heteroatoms. The van der Waals surface area contributed by atoms with Crippen LogP contribution in [0.1, 0.15) is 12.2 Å². The maximum absolute atomic E-state index is 14.0. The Kier molecular flexibility index (Phi) is 3.82. The maximum Gasteiger partial charge on any atom is 0.150 e. The van der Waals surface area contributed by atoms with Gasteiger partial charge in [-0.05, 0) is 30.2 Å². The number of anilines is 1. The molecule has 0 saturated heterocycles. The molecule has 2 aromatic carbocycles. The number of halogens is 1. The fourth-order valence-corrected chi connectivity index (χ4v) is 3.04. The lowest BCUT2D eigenvalue weighted by Gasteiger charge is -2.06. The van der Waals surface area contributed by atoms with Crippen LogP contribution in [-0.4, -0.2) is 26.7 Å². The summed E-state index contributed by atoms with van der Waals surface area (Å²) in [6.45, 7) is 0.109. The largest absolute Gasteiger partial charge is 0.396 e. The summed E-state index contributed by atoms with van der Waals surface area (Å²) >= 11 is 0. The Balaban J connectivity index is 1.89. The van der Waals surface area contributed by atoms with Gasteiger partial charge in [0, 0.05) is 24.0 Å². The molecule has 0 spiro atoms. The molecule has 0 atom stereocenters. The lowest BCUT2D eigenvalue weighted by atomic mass is 10.0. The lowest BCUT2D eigenvalue weighted by Crippen LogP contribution is -1.94. The number of nitrogens with two attached hydrogens (primary N) is 1. The van der Waals surface area contributed by atoms with Crippen molar-refractivity contribution in [3.05, 3.63) is 54.1 Å². The van der Waals surface area contributed by atoms with Gasteiger partial charge in [0.15, 0.2) is 0 Å².